The minimum absolute atomic E-state index is 0.0496. The van der Waals surface area contributed by atoms with Crippen LogP contribution in [0.15, 0.2) is 30.3 Å². The van der Waals surface area contributed by atoms with Gasteiger partial charge < -0.3 is 10.4 Å². The van der Waals surface area contributed by atoms with E-state index in [0.29, 0.717) is 30.3 Å². The number of aromatic nitrogens is 3. The first-order valence-corrected chi connectivity index (χ1v) is 11.8. The number of hydrogen-bond acceptors (Lipinski definition) is 5. The van der Waals surface area contributed by atoms with Crippen LogP contribution in [0.25, 0.3) is 0 Å². The van der Waals surface area contributed by atoms with Crippen molar-refractivity contribution in [2.45, 2.75) is 52.6 Å². The Hall–Kier alpha value is -3.04. The van der Waals surface area contributed by atoms with Crippen molar-refractivity contribution < 1.29 is 18.7 Å². The van der Waals surface area contributed by atoms with E-state index < -0.39 is 23.0 Å². The van der Waals surface area contributed by atoms with E-state index in [2.05, 4.69) is 20.5 Å². The first kappa shape index (κ1) is 25.1. The van der Waals surface area contributed by atoms with Gasteiger partial charge in [-0.25, -0.2) is 13.8 Å². The highest BCUT2D eigenvalue weighted by atomic mass is 35.5. The molecule has 10 heteroatoms. The number of H-pyrrole nitrogens is 1. The molecule has 3 heterocycles. The summed E-state index contributed by atoms with van der Waals surface area (Å²) in [5.74, 6) is -1.08. The van der Waals surface area contributed by atoms with Crippen molar-refractivity contribution in [3.8, 4) is 0 Å². The number of anilines is 2. The first-order valence-electron chi connectivity index (χ1n) is 11.4. The molecule has 0 spiro atoms. The molecule has 0 saturated carbocycles. The molecule has 1 saturated heterocycles. The number of aryl methyl sites for hydroxylation is 2. The summed E-state index contributed by atoms with van der Waals surface area (Å²) in [6, 6.07) is 7.69. The largest absolute Gasteiger partial charge is 0.481 e. The Morgan fingerprint density at radius 2 is 2.06 bits per heavy atom. The van der Waals surface area contributed by atoms with Crippen molar-refractivity contribution in [2.75, 3.05) is 11.9 Å². The molecule has 1 unspecified atom stereocenters. The monoisotopic (exact) mass is 503 g/mol. The number of halogens is 3. The van der Waals surface area contributed by atoms with Crippen LogP contribution in [0.1, 0.15) is 42.3 Å². The number of rotatable bonds is 7. The maximum Gasteiger partial charge on any atom is 0.310 e. The highest BCUT2D eigenvalue weighted by molar-refractivity contribution is 6.30. The maximum absolute atomic E-state index is 14.7. The zero-order valence-electron chi connectivity index (χ0n) is 19.8. The van der Waals surface area contributed by atoms with Crippen molar-refractivity contribution in [3.63, 3.8) is 0 Å². The zero-order chi connectivity index (χ0) is 25.3. The topological polar surface area (TPSA) is 94.1 Å². The molecule has 0 radical (unpaired) electrons. The molecule has 1 fully saturated rings. The molecule has 2 aromatic heterocycles. The van der Waals surface area contributed by atoms with Crippen LogP contribution in [0.3, 0.4) is 0 Å². The van der Waals surface area contributed by atoms with Crippen LogP contribution in [0.4, 0.5) is 20.4 Å². The van der Waals surface area contributed by atoms with Crippen LogP contribution in [-0.2, 0) is 17.8 Å². The second-order valence-electron chi connectivity index (χ2n) is 9.38. The van der Waals surface area contributed by atoms with Gasteiger partial charge in [0.05, 0.1) is 16.1 Å². The standard InChI is InChI=1S/C25H28ClF2N5O2/c1-14-4-5-18(26)23(28)17(14)13-33-9-8-25(24(34)35,11-16(33)3)12-20-19(27)6-7-21(29-20)30-22-10-15(2)31-32-22/h4-7,10,16H,8-9,11-13H2,1-3H3,(H,34,35)(H2,29,30,31,32)/t16-,25?/m1/s1. The molecule has 3 aromatic rings. The molecule has 3 N–H and O–H groups in total. The summed E-state index contributed by atoms with van der Waals surface area (Å²) in [4.78, 5) is 18.9. The van der Waals surface area contributed by atoms with E-state index >= 15 is 0 Å². The molecule has 0 bridgehead atoms. The van der Waals surface area contributed by atoms with Crippen molar-refractivity contribution in [3.05, 3.63) is 69.5 Å². The average molecular weight is 504 g/mol. The summed E-state index contributed by atoms with van der Waals surface area (Å²) in [6.07, 6.45) is 0.512. The number of aliphatic carboxylic acids is 1. The lowest BCUT2D eigenvalue weighted by molar-refractivity contribution is -0.153. The third-order valence-corrected chi connectivity index (χ3v) is 7.11. The number of benzene rings is 1. The molecule has 35 heavy (non-hydrogen) atoms. The Labute approximate surface area is 207 Å². The second kappa shape index (κ2) is 9.91. The van der Waals surface area contributed by atoms with Crippen molar-refractivity contribution in [2.24, 2.45) is 5.41 Å². The normalized spacial score (nSPS) is 20.7. The van der Waals surface area contributed by atoms with E-state index in [4.69, 9.17) is 11.6 Å². The highest BCUT2D eigenvalue weighted by Crippen LogP contribution is 2.40. The van der Waals surface area contributed by atoms with E-state index in [0.717, 1.165) is 11.3 Å². The van der Waals surface area contributed by atoms with Gasteiger partial charge in [-0.2, -0.15) is 5.10 Å². The van der Waals surface area contributed by atoms with Crippen LogP contribution in [0.2, 0.25) is 5.02 Å². The Bertz CT molecular complexity index is 1250. The van der Waals surface area contributed by atoms with Gasteiger partial charge in [0.1, 0.15) is 17.5 Å². The molecule has 1 aliphatic heterocycles. The molecule has 0 aliphatic carbocycles. The van der Waals surface area contributed by atoms with Gasteiger partial charge in [-0.05, 0) is 63.9 Å². The number of pyridine rings is 1. The quantitative estimate of drug-likeness (QED) is 0.400. The van der Waals surface area contributed by atoms with Gasteiger partial charge in [0.15, 0.2) is 5.82 Å². The lowest BCUT2D eigenvalue weighted by atomic mass is 9.72. The number of carboxylic acids is 1. The molecule has 0 amide bonds. The Morgan fingerprint density at radius 1 is 1.29 bits per heavy atom. The number of aromatic amines is 1. The summed E-state index contributed by atoms with van der Waals surface area (Å²) < 4.78 is 29.4. The fraction of sp³-hybridized carbons (Fsp3) is 0.400. The van der Waals surface area contributed by atoms with Crippen LogP contribution in [0.5, 0.6) is 0 Å². The van der Waals surface area contributed by atoms with E-state index in [1.165, 1.54) is 18.2 Å². The predicted octanol–water partition coefficient (Wildman–Crippen LogP) is 5.39. The number of carbonyl (C=O) groups is 1. The number of likely N-dealkylation sites (tertiary alicyclic amines) is 1. The van der Waals surface area contributed by atoms with E-state index in [-0.39, 0.29) is 36.0 Å². The van der Waals surface area contributed by atoms with Gasteiger partial charge in [-0.3, -0.25) is 14.8 Å². The third kappa shape index (κ3) is 5.31. The lowest BCUT2D eigenvalue weighted by Crippen LogP contribution is -2.50. The molecular weight excluding hydrogens is 476 g/mol. The van der Waals surface area contributed by atoms with Crippen LogP contribution >= 0.6 is 11.6 Å². The minimum atomic E-state index is -1.19. The number of carboxylic acid groups (broad SMARTS) is 1. The van der Waals surface area contributed by atoms with Crippen LogP contribution in [-0.4, -0.2) is 43.7 Å². The van der Waals surface area contributed by atoms with Gasteiger partial charge in [0.2, 0.25) is 0 Å². The summed E-state index contributed by atoms with van der Waals surface area (Å²) in [5, 5.41) is 20.2. The van der Waals surface area contributed by atoms with Gasteiger partial charge in [0.25, 0.3) is 0 Å². The van der Waals surface area contributed by atoms with Gasteiger partial charge >= 0.3 is 5.97 Å². The summed E-state index contributed by atoms with van der Waals surface area (Å²) in [7, 11) is 0. The minimum Gasteiger partial charge on any atom is -0.481 e. The molecule has 4 rings (SSSR count). The van der Waals surface area contributed by atoms with Crippen molar-refractivity contribution >= 4 is 29.2 Å². The Kier molecular flexibility index (Phi) is 7.10. The Balaban J connectivity index is 1.53. The average Bonchev–Trinajstić information content (AvgIpc) is 3.22. The number of nitrogens with zero attached hydrogens (tertiary/aromatic N) is 3. The lowest BCUT2D eigenvalue weighted by Gasteiger charge is -2.43. The summed E-state index contributed by atoms with van der Waals surface area (Å²) in [5.41, 5.74) is 1.05. The first-order chi connectivity index (χ1) is 16.6. The van der Waals surface area contributed by atoms with E-state index in [9.17, 15) is 18.7 Å². The number of nitrogens with one attached hydrogen (secondary N) is 2. The van der Waals surface area contributed by atoms with E-state index in [1.54, 1.807) is 12.1 Å². The fourth-order valence-electron chi connectivity index (χ4n) is 4.74. The van der Waals surface area contributed by atoms with Gasteiger partial charge in [-0.1, -0.05) is 17.7 Å². The smallest absolute Gasteiger partial charge is 0.310 e. The van der Waals surface area contributed by atoms with Gasteiger partial charge in [-0.15, -0.1) is 0 Å². The summed E-state index contributed by atoms with van der Waals surface area (Å²) >= 11 is 5.97. The molecule has 7 nitrogen and oxygen atoms in total. The molecular formula is C25H28ClF2N5O2. The van der Waals surface area contributed by atoms with Crippen molar-refractivity contribution in [1.82, 2.24) is 20.1 Å². The fourth-order valence-corrected chi connectivity index (χ4v) is 4.92. The maximum atomic E-state index is 14.7. The van der Waals surface area contributed by atoms with Crippen molar-refractivity contribution in [1.29, 1.82) is 0 Å². The second-order valence-corrected chi connectivity index (χ2v) is 9.79. The molecule has 1 aliphatic rings. The zero-order valence-corrected chi connectivity index (χ0v) is 20.6. The van der Waals surface area contributed by atoms with Gasteiger partial charge in [0, 0.05) is 36.3 Å². The van der Waals surface area contributed by atoms with Crippen LogP contribution in [0, 0.1) is 30.9 Å². The molecule has 1 aromatic carbocycles. The molecule has 186 valence electrons. The van der Waals surface area contributed by atoms with E-state index in [1.807, 2.05) is 25.7 Å². The Morgan fingerprint density at radius 3 is 2.71 bits per heavy atom. The molecule has 2 atom stereocenters. The number of hydrogen-bond donors (Lipinski definition) is 3. The highest BCUT2D eigenvalue weighted by Gasteiger charge is 2.45. The number of piperidine rings is 1. The predicted molar refractivity (Wildman–Crippen MR) is 130 cm³/mol. The van der Waals surface area contributed by atoms with Crippen LogP contribution < -0.4 is 5.32 Å². The summed E-state index contributed by atoms with van der Waals surface area (Å²) in [6.45, 7) is 6.34. The SMILES string of the molecule is Cc1cc(Nc2ccc(F)c(CC3(C(=O)O)CCN(Cc4c(C)ccc(Cl)c4F)[C@H](C)C3)n2)n[nH]1. The third-order valence-electron chi connectivity index (χ3n) is 6.82.